The van der Waals surface area contributed by atoms with Crippen LogP contribution in [0.15, 0.2) is 12.1 Å². The van der Waals surface area contributed by atoms with Gasteiger partial charge >= 0.3 is 5.97 Å². The van der Waals surface area contributed by atoms with Crippen molar-refractivity contribution in [1.82, 2.24) is 4.90 Å². The molecule has 1 saturated heterocycles. The molecular formula is C18H25NO5. The first kappa shape index (κ1) is 18.1. The lowest BCUT2D eigenvalue weighted by atomic mass is 9.93. The number of carbonyl (C=O) groups is 2. The van der Waals surface area contributed by atoms with Crippen molar-refractivity contribution >= 4 is 11.9 Å². The van der Waals surface area contributed by atoms with Crippen LogP contribution in [0, 0.1) is 12.8 Å². The van der Waals surface area contributed by atoms with E-state index < -0.39 is 5.97 Å². The Kier molecular flexibility index (Phi) is 6.06. The summed E-state index contributed by atoms with van der Waals surface area (Å²) in [6.45, 7) is 3.18. The third-order valence-corrected chi connectivity index (χ3v) is 4.57. The van der Waals surface area contributed by atoms with Crippen molar-refractivity contribution in [1.29, 1.82) is 0 Å². The van der Waals surface area contributed by atoms with Gasteiger partial charge in [-0.05, 0) is 44.2 Å². The van der Waals surface area contributed by atoms with Crippen LogP contribution in [0.5, 0.6) is 11.5 Å². The Bertz CT molecular complexity index is 588. The minimum Gasteiger partial charge on any atom is -0.496 e. The number of carbonyl (C=O) groups excluding carboxylic acids is 1. The zero-order valence-electron chi connectivity index (χ0n) is 14.5. The highest BCUT2D eigenvalue weighted by atomic mass is 16.5. The second-order valence-electron chi connectivity index (χ2n) is 6.20. The van der Waals surface area contributed by atoms with Gasteiger partial charge in [0.2, 0.25) is 0 Å². The smallest absolute Gasteiger partial charge is 0.303 e. The summed E-state index contributed by atoms with van der Waals surface area (Å²) in [4.78, 5) is 25.4. The molecule has 1 heterocycles. The number of likely N-dealkylation sites (tertiary alicyclic amines) is 1. The zero-order valence-corrected chi connectivity index (χ0v) is 14.5. The minimum atomic E-state index is -0.786. The molecule has 1 aromatic rings. The van der Waals surface area contributed by atoms with E-state index in [0.717, 1.165) is 18.4 Å². The first-order valence-electron chi connectivity index (χ1n) is 8.20. The number of benzene rings is 1. The van der Waals surface area contributed by atoms with Gasteiger partial charge in [-0.3, -0.25) is 9.59 Å². The molecule has 1 aliphatic heterocycles. The molecule has 6 nitrogen and oxygen atoms in total. The van der Waals surface area contributed by atoms with E-state index in [1.165, 1.54) is 0 Å². The molecule has 0 radical (unpaired) electrons. The Morgan fingerprint density at radius 3 is 2.42 bits per heavy atom. The number of carboxylic acid groups (broad SMARTS) is 1. The summed E-state index contributed by atoms with van der Waals surface area (Å²) < 4.78 is 10.7. The standard InChI is InChI=1S/C18H25NO5/c1-12-15(23-2)9-14(10-16(12)24-3)18(22)19-8-4-5-13(11-19)6-7-17(20)21/h9-10,13H,4-8,11H2,1-3H3,(H,20,21)/t13-/m0/s1. The Morgan fingerprint density at radius 2 is 1.88 bits per heavy atom. The van der Waals surface area contributed by atoms with Crippen LogP contribution >= 0.6 is 0 Å². The van der Waals surface area contributed by atoms with Crippen molar-refractivity contribution in [3.63, 3.8) is 0 Å². The number of carboxylic acids is 1. The molecule has 0 unspecified atom stereocenters. The Labute approximate surface area is 142 Å². The fourth-order valence-corrected chi connectivity index (χ4v) is 3.20. The van der Waals surface area contributed by atoms with Crippen molar-refractivity contribution in [2.75, 3.05) is 27.3 Å². The van der Waals surface area contributed by atoms with E-state index in [-0.39, 0.29) is 18.2 Å². The molecule has 0 bridgehead atoms. The molecular weight excluding hydrogens is 310 g/mol. The third kappa shape index (κ3) is 4.19. The molecule has 0 aliphatic carbocycles. The first-order valence-corrected chi connectivity index (χ1v) is 8.20. The fraction of sp³-hybridized carbons (Fsp3) is 0.556. The Balaban J connectivity index is 2.14. The lowest BCUT2D eigenvalue weighted by molar-refractivity contribution is -0.137. The largest absolute Gasteiger partial charge is 0.496 e. The highest BCUT2D eigenvalue weighted by molar-refractivity contribution is 5.95. The van der Waals surface area contributed by atoms with E-state index in [0.29, 0.717) is 36.6 Å². The van der Waals surface area contributed by atoms with Crippen LogP contribution in [-0.2, 0) is 4.79 Å². The fourth-order valence-electron chi connectivity index (χ4n) is 3.20. The number of rotatable bonds is 6. The van der Waals surface area contributed by atoms with Crippen LogP contribution in [0.3, 0.4) is 0 Å². The van der Waals surface area contributed by atoms with E-state index in [9.17, 15) is 9.59 Å². The van der Waals surface area contributed by atoms with Gasteiger partial charge in [-0.1, -0.05) is 0 Å². The topological polar surface area (TPSA) is 76.1 Å². The van der Waals surface area contributed by atoms with Gasteiger partial charge in [-0.15, -0.1) is 0 Å². The highest BCUT2D eigenvalue weighted by Gasteiger charge is 2.26. The summed E-state index contributed by atoms with van der Waals surface area (Å²) in [6, 6.07) is 3.47. The molecule has 0 spiro atoms. The molecule has 1 aromatic carbocycles. The van der Waals surface area contributed by atoms with E-state index in [1.54, 1.807) is 31.3 Å². The highest BCUT2D eigenvalue weighted by Crippen LogP contribution is 2.31. The summed E-state index contributed by atoms with van der Waals surface area (Å²) in [5.41, 5.74) is 1.39. The van der Waals surface area contributed by atoms with Crippen molar-refractivity contribution in [3.8, 4) is 11.5 Å². The van der Waals surface area contributed by atoms with Crippen LogP contribution in [0.4, 0.5) is 0 Å². The summed E-state index contributed by atoms with van der Waals surface area (Å²) in [5.74, 6) is 0.639. The van der Waals surface area contributed by atoms with Gasteiger partial charge in [0.15, 0.2) is 0 Å². The normalized spacial score (nSPS) is 17.5. The van der Waals surface area contributed by atoms with Gasteiger partial charge in [0.25, 0.3) is 5.91 Å². The number of methoxy groups -OCH3 is 2. The van der Waals surface area contributed by atoms with Gasteiger partial charge in [-0.25, -0.2) is 0 Å². The van der Waals surface area contributed by atoms with Gasteiger partial charge in [0.1, 0.15) is 11.5 Å². The molecule has 6 heteroatoms. The maximum absolute atomic E-state index is 12.8. The molecule has 0 saturated carbocycles. The quantitative estimate of drug-likeness (QED) is 0.865. The molecule has 1 amide bonds. The molecule has 1 aliphatic rings. The number of hydrogen-bond donors (Lipinski definition) is 1. The maximum atomic E-state index is 12.8. The van der Waals surface area contributed by atoms with Gasteiger partial charge in [0.05, 0.1) is 14.2 Å². The number of piperidine rings is 1. The summed E-state index contributed by atoms with van der Waals surface area (Å²) in [7, 11) is 3.14. The van der Waals surface area contributed by atoms with Crippen LogP contribution in [0.1, 0.15) is 41.6 Å². The second-order valence-corrected chi connectivity index (χ2v) is 6.20. The molecule has 132 valence electrons. The zero-order chi connectivity index (χ0) is 17.7. The number of hydrogen-bond acceptors (Lipinski definition) is 4. The molecule has 0 aromatic heterocycles. The van der Waals surface area contributed by atoms with E-state index in [2.05, 4.69) is 0 Å². The average molecular weight is 335 g/mol. The van der Waals surface area contributed by atoms with Crippen LogP contribution in [0.25, 0.3) is 0 Å². The number of ether oxygens (including phenoxy) is 2. The maximum Gasteiger partial charge on any atom is 0.303 e. The molecule has 1 atom stereocenters. The minimum absolute atomic E-state index is 0.0633. The van der Waals surface area contributed by atoms with Gasteiger partial charge in [-0.2, -0.15) is 0 Å². The summed E-state index contributed by atoms with van der Waals surface area (Å²) >= 11 is 0. The van der Waals surface area contributed by atoms with Crippen molar-refractivity contribution < 1.29 is 24.2 Å². The SMILES string of the molecule is COc1cc(C(=O)N2CCC[C@@H](CCC(=O)O)C2)cc(OC)c1C. The van der Waals surface area contributed by atoms with Crippen molar-refractivity contribution in [2.24, 2.45) is 5.92 Å². The molecule has 1 fully saturated rings. The first-order chi connectivity index (χ1) is 11.5. The monoisotopic (exact) mass is 335 g/mol. The van der Waals surface area contributed by atoms with Crippen LogP contribution < -0.4 is 9.47 Å². The predicted octanol–water partition coefficient (Wildman–Crippen LogP) is 2.73. The van der Waals surface area contributed by atoms with E-state index in [4.69, 9.17) is 14.6 Å². The van der Waals surface area contributed by atoms with Crippen molar-refractivity contribution in [2.45, 2.75) is 32.6 Å². The third-order valence-electron chi connectivity index (χ3n) is 4.57. The number of aliphatic carboxylic acids is 1. The Hall–Kier alpha value is -2.24. The lowest BCUT2D eigenvalue weighted by Crippen LogP contribution is -2.40. The van der Waals surface area contributed by atoms with Crippen molar-refractivity contribution in [3.05, 3.63) is 23.3 Å². The van der Waals surface area contributed by atoms with Gasteiger partial charge < -0.3 is 19.5 Å². The number of nitrogens with zero attached hydrogens (tertiary/aromatic N) is 1. The predicted molar refractivity (Wildman–Crippen MR) is 89.8 cm³/mol. The van der Waals surface area contributed by atoms with E-state index in [1.807, 2.05) is 6.92 Å². The van der Waals surface area contributed by atoms with Gasteiger partial charge in [0, 0.05) is 30.6 Å². The van der Waals surface area contributed by atoms with E-state index >= 15 is 0 Å². The molecule has 1 N–H and O–H groups in total. The number of amides is 1. The Morgan fingerprint density at radius 1 is 1.25 bits per heavy atom. The lowest BCUT2D eigenvalue weighted by Gasteiger charge is -2.33. The molecule has 24 heavy (non-hydrogen) atoms. The van der Waals surface area contributed by atoms with Crippen LogP contribution in [0.2, 0.25) is 0 Å². The summed E-state index contributed by atoms with van der Waals surface area (Å²) in [6.07, 6.45) is 2.63. The average Bonchev–Trinajstić information content (AvgIpc) is 2.59. The van der Waals surface area contributed by atoms with Crippen LogP contribution in [-0.4, -0.2) is 49.2 Å². The molecule has 2 rings (SSSR count). The second kappa shape index (κ2) is 8.04. The summed E-state index contributed by atoms with van der Waals surface area (Å²) in [5, 5.41) is 8.83.